The number of nitro benzene ring substituents is 1. The van der Waals surface area contributed by atoms with Gasteiger partial charge in [-0.15, -0.1) is 0 Å². The van der Waals surface area contributed by atoms with Crippen LogP contribution >= 0.6 is 15.9 Å². The average Bonchev–Trinajstić information content (AvgIpc) is 3.04. The highest BCUT2D eigenvalue weighted by molar-refractivity contribution is 9.10. The van der Waals surface area contributed by atoms with Crippen LogP contribution in [-0.4, -0.2) is 11.1 Å². The van der Waals surface area contributed by atoms with Gasteiger partial charge in [-0.3, -0.25) is 15.5 Å². The molecule has 24 heavy (non-hydrogen) atoms. The number of para-hydroxylation sites is 1. The lowest BCUT2D eigenvalue weighted by Gasteiger charge is -2.00. The van der Waals surface area contributed by atoms with E-state index in [1.165, 1.54) is 12.3 Å². The van der Waals surface area contributed by atoms with E-state index >= 15 is 0 Å². The Balaban J connectivity index is 1.80. The summed E-state index contributed by atoms with van der Waals surface area (Å²) in [5.74, 6) is 0.904. The van der Waals surface area contributed by atoms with Gasteiger partial charge in [0.1, 0.15) is 11.5 Å². The van der Waals surface area contributed by atoms with Gasteiger partial charge in [-0.25, -0.2) is 0 Å². The van der Waals surface area contributed by atoms with Crippen molar-refractivity contribution < 1.29 is 9.34 Å². The molecule has 1 N–H and O–H groups in total. The van der Waals surface area contributed by atoms with Crippen LogP contribution in [0, 0.1) is 10.1 Å². The van der Waals surface area contributed by atoms with Crippen LogP contribution in [0.25, 0.3) is 11.3 Å². The molecular weight excluding hydrogens is 374 g/mol. The Labute approximate surface area is 146 Å². The normalized spacial score (nSPS) is 10.9. The number of nitro groups is 1. The molecule has 0 saturated heterocycles. The number of anilines is 1. The summed E-state index contributed by atoms with van der Waals surface area (Å²) in [5.41, 5.74) is 4.12. The lowest BCUT2D eigenvalue weighted by Crippen LogP contribution is -1.91. The van der Waals surface area contributed by atoms with Gasteiger partial charge in [-0.2, -0.15) is 5.10 Å². The van der Waals surface area contributed by atoms with E-state index in [-0.39, 0.29) is 5.69 Å². The molecule has 0 amide bonds. The highest BCUT2D eigenvalue weighted by atomic mass is 79.9. The van der Waals surface area contributed by atoms with Crippen LogP contribution in [0.5, 0.6) is 0 Å². The minimum absolute atomic E-state index is 0.0235. The molecular formula is C17H12BrN3O3. The summed E-state index contributed by atoms with van der Waals surface area (Å²) in [6, 6.07) is 17.7. The largest absolute Gasteiger partial charge is 0.455 e. The van der Waals surface area contributed by atoms with Gasteiger partial charge in [0, 0.05) is 10.5 Å². The first-order valence-corrected chi connectivity index (χ1v) is 7.81. The second-order valence-electron chi connectivity index (χ2n) is 4.86. The van der Waals surface area contributed by atoms with Crippen molar-refractivity contribution in [3.8, 4) is 11.3 Å². The predicted octanol–water partition coefficient (Wildman–Crippen LogP) is 5.06. The SMILES string of the molecule is O=[N+]([O-])c1cc(Br)ccc1-c1ccc(/C=N\Nc2ccccc2)o1. The minimum atomic E-state index is -0.437. The average molecular weight is 386 g/mol. The Morgan fingerprint density at radius 2 is 1.92 bits per heavy atom. The number of hydrogen-bond acceptors (Lipinski definition) is 5. The van der Waals surface area contributed by atoms with E-state index in [4.69, 9.17) is 4.42 Å². The van der Waals surface area contributed by atoms with E-state index in [2.05, 4.69) is 26.5 Å². The van der Waals surface area contributed by atoms with Crippen molar-refractivity contribution in [3.63, 3.8) is 0 Å². The Hall–Kier alpha value is -2.93. The number of benzene rings is 2. The second kappa shape index (κ2) is 7.10. The molecule has 120 valence electrons. The number of furan rings is 1. The van der Waals surface area contributed by atoms with Gasteiger partial charge in [-0.05, 0) is 36.4 Å². The topological polar surface area (TPSA) is 80.7 Å². The first-order chi connectivity index (χ1) is 11.6. The molecule has 7 heteroatoms. The van der Waals surface area contributed by atoms with Crippen LogP contribution in [0.1, 0.15) is 5.76 Å². The molecule has 1 aromatic heterocycles. The van der Waals surface area contributed by atoms with Crippen molar-refractivity contribution in [1.29, 1.82) is 0 Å². The maximum absolute atomic E-state index is 11.2. The van der Waals surface area contributed by atoms with E-state index in [0.29, 0.717) is 21.6 Å². The van der Waals surface area contributed by atoms with Crippen molar-refractivity contribution in [2.75, 3.05) is 5.43 Å². The summed E-state index contributed by atoms with van der Waals surface area (Å²) in [6.07, 6.45) is 1.52. The lowest BCUT2D eigenvalue weighted by molar-refractivity contribution is -0.384. The molecule has 3 aromatic rings. The van der Waals surface area contributed by atoms with Crippen LogP contribution in [0.15, 0.2) is 74.7 Å². The van der Waals surface area contributed by atoms with Gasteiger partial charge in [0.25, 0.3) is 5.69 Å². The molecule has 0 saturated carbocycles. The molecule has 0 aliphatic heterocycles. The molecule has 3 rings (SSSR count). The van der Waals surface area contributed by atoms with Crippen LogP contribution in [0.3, 0.4) is 0 Å². The highest BCUT2D eigenvalue weighted by Crippen LogP contribution is 2.33. The fourth-order valence-corrected chi connectivity index (χ4v) is 2.46. The number of hydrazone groups is 1. The van der Waals surface area contributed by atoms with Crippen LogP contribution in [-0.2, 0) is 0 Å². The third-order valence-electron chi connectivity index (χ3n) is 3.21. The van der Waals surface area contributed by atoms with E-state index in [1.54, 1.807) is 24.3 Å². The number of nitrogens with one attached hydrogen (secondary N) is 1. The Morgan fingerprint density at radius 1 is 1.12 bits per heavy atom. The molecule has 0 aliphatic carbocycles. The molecule has 1 heterocycles. The summed E-state index contributed by atoms with van der Waals surface area (Å²) in [6.45, 7) is 0. The highest BCUT2D eigenvalue weighted by Gasteiger charge is 2.18. The zero-order chi connectivity index (χ0) is 16.9. The zero-order valence-corrected chi connectivity index (χ0v) is 13.9. The second-order valence-corrected chi connectivity index (χ2v) is 5.77. The van der Waals surface area contributed by atoms with E-state index in [9.17, 15) is 10.1 Å². The third-order valence-corrected chi connectivity index (χ3v) is 3.70. The number of rotatable bonds is 5. The monoisotopic (exact) mass is 385 g/mol. The summed E-state index contributed by atoms with van der Waals surface area (Å²) >= 11 is 3.23. The fourth-order valence-electron chi connectivity index (χ4n) is 2.11. The van der Waals surface area contributed by atoms with Crippen molar-refractivity contribution in [3.05, 3.63) is 81.0 Å². The van der Waals surface area contributed by atoms with E-state index < -0.39 is 4.92 Å². The first-order valence-electron chi connectivity index (χ1n) is 7.02. The van der Waals surface area contributed by atoms with Crippen molar-refractivity contribution in [2.24, 2.45) is 5.10 Å². The third kappa shape index (κ3) is 3.69. The molecule has 0 atom stereocenters. The Bertz CT molecular complexity index is 891. The van der Waals surface area contributed by atoms with Gasteiger partial charge < -0.3 is 4.42 Å². The first kappa shape index (κ1) is 15.9. The number of halogens is 1. The molecule has 0 spiro atoms. The summed E-state index contributed by atoms with van der Waals surface area (Å²) in [5, 5.41) is 15.3. The van der Waals surface area contributed by atoms with Crippen LogP contribution in [0.2, 0.25) is 0 Å². The van der Waals surface area contributed by atoms with Crippen LogP contribution < -0.4 is 5.43 Å². The molecule has 0 aliphatic rings. The maximum atomic E-state index is 11.2. The smallest absolute Gasteiger partial charge is 0.281 e. The van der Waals surface area contributed by atoms with Gasteiger partial charge in [0.05, 0.1) is 22.4 Å². The minimum Gasteiger partial charge on any atom is -0.455 e. The summed E-state index contributed by atoms with van der Waals surface area (Å²) in [4.78, 5) is 10.8. The lowest BCUT2D eigenvalue weighted by atomic mass is 10.1. The molecule has 0 bridgehead atoms. The van der Waals surface area contributed by atoms with E-state index in [1.807, 2.05) is 30.3 Å². The van der Waals surface area contributed by atoms with Crippen molar-refractivity contribution in [1.82, 2.24) is 0 Å². The number of hydrogen-bond donors (Lipinski definition) is 1. The van der Waals surface area contributed by atoms with Gasteiger partial charge in [0.2, 0.25) is 0 Å². The Kier molecular flexibility index (Phi) is 4.72. The standard InChI is InChI=1S/C17H12BrN3O3/c18-12-6-8-15(16(10-12)21(22)23)17-9-7-14(24-17)11-19-20-13-4-2-1-3-5-13/h1-11,20H/b19-11-. The molecule has 6 nitrogen and oxygen atoms in total. The van der Waals surface area contributed by atoms with Crippen molar-refractivity contribution in [2.45, 2.75) is 0 Å². The molecule has 0 fully saturated rings. The van der Waals surface area contributed by atoms with Gasteiger partial charge in [-0.1, -0.05) is 34.1 Å². The van der Waals surface area contributed by atoms with Gasteiger partial charge >= 0.3 is 0 Å². The quantitative estimate of drug-likeness (QED) is 0.377. The summed E-state index contributed by atoms with van der Waals surface area (Å²) in [7, 11) is 0. The summed E-state index contributed by atoms with van der Waals surface area (Å²) < 4.78 is 6.27. The maximum Gasteiger partial charge on any atom is 0.281 e. The Morgan fingerprint density at radius 3 is 2.67 bits per heavy atom. The number of nitrogens with zero attached hydrogens (tertiary/aromatic N) is 2. The predicted molar refractivity (Wildman–Crippen MR) is 96.2 cm³/mol. The van der Waals surface area contributed by atoms with E-state index in [0.717, 1.165) is 5.69 Å². The molecule has 2 aromatic carbocycles. The zero-order valence-electron chi connectivity index (χ0n) is 12.3. The van der Waals surface area contributed by atoms with Gasteiger partial charge in [0.15, 0.2) is 0 Å². The molecule has 0 unspecified atom stereocenters. The molecule has 0 radical (unpaired) electrons. The van der Waals surface area contributed by atoms with Crippen LogP contribution in [0.4, 0.5) is 11.4 Å². The fraction of sp³-hybridized carbons (Fsp3) is 0. The van der Waals surface area contributed by atoms with Crippen molar-refractivity contribution >= 4 is 33.5 Å².